The number of aromatic nitrogens is 1. The van der Waals surface area contributed by atoms with Crippen molar-refractivity contribution < 1.29 is 13.9 Å². The van der Waals surface area contributed by atoms with Crippen LogP contribution >= 0.6 is 0 Å². The summed E-state index contributed by atoms with van der Waals surface area (Å²) >= 11 is 0. The number of hydrogen-bond acceptors (Lipinski definition) is 6. The second kappa shape index (κ2) is 11.2. The van der Waals surface area contributed by atoms with Gasteiger partial charge in [0.25, 0.3) is 5.91 Å². The summed E-state index contributed by atoms with van der Waals surface area (Å²) in [6.45, 7) is 6.97. The smallest absolute Gasteiger partial charge is 0.256 e. The van der Waals surface area contributed by atoms with E-state index >= 15 is 0 Å². The maximum Gasteiger partial charge on any atom is 0.256 e. The Hall–Kier alpha value is -4.91. The molecular formula is C35H33N3O4. The monoisotopic (exact) mass is 559 g/mol. The number of rotatable bonds is 7. The number of aryl methyl sites for hydroxylation is 1. The number of carbonyl (C=O) groups is 1. The molecule has 1 amide bonds. The highest BCUT2D eigenvalue weighted by Crippen LogP contribution is 2.34. The topological polar surface area (TPSA) is 84.7 Å². The third kappa shape index (κ3) is 5.02. The van der Waals surface area contributed by atoms with Gasteiger partial charge in [-0.15, -0.1) is 0 Å². The van der Waals surface area contributed by atoms with Crippen LogP contribution in [0.25, 0.3) is 22.3 Å². The average molecular weight is 560 g/mol. The van der Waals surface area contributed by atoms with Gasteiger partial charge in [-0.25, -0.2) is 0 Å². The van der Waals surface area contributed by atoms with Gasteiger partial charge in [-0.2, -0.15) is 0 Å². The van der Waals surface area contributed by atoms with Gasteiger partial charge >= 0.3 is 0 Å². The molecule has 0 saturated carbocycles. The Kier molecular flexibility index (Phi) is 7.25. The Morgan fingerprint density at radius 1 is 1.05 bits per heavy atom. The highest BCUT2D eigenvalue weighted by molar-refractivity contribution is 6.02. The number of nitrogens with zero attached hydrogens (tertiary/aromatic N) is 2. The molecule has 0 saturated heterocycles. The number of hydrogen-bond donors (Lipinski definition) is 1. The number of ether oxygens (including phenoxy) is 1. The van der Waals surface area contributed by atoms with Gasteiger partial charge in [0, 0.05) is 47.9 Å². The number of methoxy groups -OCH3 is 1. The van der Waals surface area contributed by atoms with E-state index in [0.717, 1.165) is 45.7 Å². The van der Waals surface area contributed by atoms with E-state index in [0.29, 0.717) is 40.9 Å². The molecule has 1 unspecified atom stereocenters. The van der Waals surface area contributed by atoms with Gasteiger partial charge < -0.3 is 19.4 Å². The molecule has 1 aliphatic heterocycles. The fraction of sp³-hybridized carbons (Fsp3) is 0.229. The van der Waals surface area contributed by atoms with Crippen molar-refractivity contribution in [2.75, 3.05) is 19.0 Å². The lowest BCUT2D eigenvalue weighted by molar-refractivity contribution is 0.0728. The van der Waals surface area contributed by atoms with E-state index in [4.69, 9.17) is 9.15 Å². The second-order valence-electron chi connectivity index (χ2n) is 10.9. The number of carbonyl (C=O) groups excluding carboxylic acids is 1. The lowest BCUT2D eigenvalue weighted by Gasteiger charge is -2.31. The predicted molar refractivity (Wildman–Crippen MR) is 165 cm³/mol. The number of fused-ring (bicyclic) bond motifs is 2. The van der Waals surface area contributed by atoms with E-state index in [2.05, 4.69) is 10.3 Å². The number of anilines is 1. The summed E-state index contributed by atoms with van der Waals surface area (Å²) in [5, 5.41) is 4.13. The van der Waals surface area contributed by atoms with Crippen molar-refractivity contribution in [3.05, 3.63) is 123 Å². The number of pyridine rings is 1. The first-order chi connectivity index (χ1) is 20.3. The average Bonchev–Trinajstić information content (AvgIpc) is 3.01. The SMILES string of the molecule is COc1ccc(CN2CCc3cccc(NC(C)c4cc(C)cc5c(=O)c(C)c(-c6cccnc6)oc45)c3C2=O)cc1. The minimum absolute atomic E-state index is 0.00233. The van der Waals surface area contributed by atoms with E-state index in [1.165, 1.54) is 0 Å². The van der Waals surface area contributed by atoms with Gasteiger partial charge in [-0.1, -0.05) is 30.3 Å². The second-order valence-corrected chi connectivity index (χ2v) is 10.9. The summed E-state index contributed by atoms with van der Waals surface area (Å²) in [5.41, 5.74) is 7.11. The largest absolute Gasteiger partial charge is 0.497 e. The Balaban J connectivity index is 1.35. The van der Waals surface area contributed by atoms with E-state index in [-0.39, 0.29) is 17.4 Å². The zero-order chi connectivity index (χ0) is 29.4. The predicted octanol–water partition coefficient (Wildman–Crippen LogP) is 6.85. The molecule has 7 nitrogen and oxygen atoms in total. The molecule has 0 fully saturated rings. The molecular weight excluding hydrogens is 526 g/mol. The molecule has 1 aliphatic rings. The summed E-state index contributed by atoms with van der Waals surface area (Å²) in [7, 11) is 1.64. The molecule has 3 aromatic carbocycles. The number of benzene rings is 3. The van der Waals surface area contributed by atoms with Crippen LogP contribution in [0.1, 0.15) is 51.1 Å². The van der Waals surface area contributed by atoms with Crippen LogP contribution in [0.3, 0.4) is 0 Å². The Morgan fingerprint density at radius 3 is 2.60 bits per heavy atom. The summed E-state index contributed by atoms with van der Waals surface area (Å²) in [5.74, 6) is 1.30. The maximum absolute atomic E-state index is 13.8. The molecule has 0 spiro atoms. The minimum atomic E-state index is -0.253. The van der Waals surface area contributed by atoms with Crippen LogP contribution in [0.5, 0.6) is 5.75 Å². The maximum atomic E-state index is 13.8. The van der Waals surface area contributed by atoms with Crippen LogP contribution in [-0.2, 0) is 13.0 Å². The molecule has 1 atom stereocenters. The van der Waals surface area contributed by atoms with Crippen molar-refractivity contribution in [3.63, 3.8) is 0 Å². The normalized spacial score (nSPS) is 13.6. The number of nitrogens with one attached hydrogen (secondary N) is 1. The first-order valence-corrected chi connectivity index (χ1v) is 14.1. The fourth-order valence-corrected chi connectivity index (χ4v) is 5.77. The van der Waals surface area contributed by atoms with Crippen LogP contribution in [0.2, 0.25) is 0 Å². The first kappa shape index (κ1) is 27.3. The van der Waals surface area contributed by atoms with E-state index < -0.39 is 0 Å². The van der Waals surface area contributed by atoms with Crippen molar-refractivity contribution in [2.24, 2.45) is 0 Å². The fourth-order valence-electron chi connectivity index (χ4n) is 5.77. The molecule has 2 aromatic heterocycles. The molecule has 3 heterocycles. The van der Waals surface area contributed by atoms with Crippen molar-refractivity contribution >= 4 is 22.6 Å². The van der Waals surface area contributed by atoms with Crippen LogP contribution in [0.4, 0.5) is 5.69 Å². The van der Waals surface area contributed by atoms with Gasteiger partial charge in [-0.05, 0) is 80.3 Å². The molecule has 0 aliphatic carbocycles. The molecule has 0 radical (unpaired) electrons. The third-order valence-corrected chi connectivity index (χ3v) is 7.99. The van der Waals surface area contributed by atoms with Gasteiger partial charge in [0.1, 0.15) is 17.1 Å². The molecule has 1 N–H and O–H groups in total. The lowest BCUT2D eigenvalue weighted by atomic mass is 9.95. The summed E-state index contributed by atoms with van der Waals surface area (Å²) in [4.78, 5) is 33.4. The standard InChI is InChI=1S/C35H33N3O4/c1-21-17-28(34-29(18-21)32(39)22(2)33(42-34)26-8-6-15-36-19-26)23(3)37-30-9-5-7-25-14-16-38(35(40)31(25)30)20-24-10-12-27(41-4)13-11-24/h5-13,15,17-19,23,37H,14,16,20H2,1-4H3. The van der Waals surface area contributed by atoms with Gasteiger partial charge in [-0.3, -0.25) is 14.6 Å². The molecule has 42 heavy (non-hydrogen) atoms. The Bertz CT molecular complexity index is 1850. The van der Waals surface area contributed by atoms with Crippen LogP contribution in [0.15, 0.2) is 88.3 Å². The van der Waals surface area contributed by atoms with Crippen molar-refractivity contribution in [1.82, 2.24) is 9.88 Å². The van der Waals surface area contributed by atoms with Gasteiger partial charge in [0.05, 0.1) is 24.1 Å². The van der Waals surface area contributed by atoms with Gasteiger partial charge in [0.2, 0.25) is 0 Å². The third-order valence-electron chi connectivity index (χ3n) is 7.99. The minimum Gasteiger partial charge on any atom is -0.497 e. The molecule has 7 heteroatoms. The quantitative estimate of drug-likeness (QED) is 0.235. The number of amides is 1. The van der Waals surface area contributed by atoms with E-state index in [9.17, 15) is 9.59 Å². The summed E-state index contributed by atoms with van der Waals surface area (Å²) in [6.07, 6.45) is 4.17. The highest BCUT2D eigenvalue weighted by Gasteiger charge is 2.28. The van der Waals surface area contributed by atoms with Gasteiger partial charge in [0.15, 0.2) is 5.43 Å². The van der Waals surface area contributed by atoms with Crippen molar-refractivity contribution in [3.8, 4) is 17.1 Å². The van der Waals surface area contributed by atoms with Crippen LogP contribution < -0.4 is 15.5 Å². The van der Waals surface area contributed by atoms with Crippen molar-refractivity contribution in [1.29, 1.82) is 0 Å². The van der Waals surface area contributed by atoms with E-state index in [1.54, 1.807) is 26.4 Å². The summed E-state index contributed by atoms with van der Waals surface area (Å²) < 4.78 is 11.7. The first-order valence-electron chi connectivity index (χ1n) is 14.1. The molecule has 0 bridgehead atoms. The zero-order valence-electron chi connectivity index (χ0n) is 24.2. The van der Waals surface area contributed by atoms with Crippen molar-refractivity contribution in [2.45, 2.75) is 39.8 Å². The Morgan fingerprint density at radius 2 is 1.86 bits per heavy atom. The zero-order valence-corrected chi connectivity index (χ0v) is 24.2. The lowest BCUT2D eigenvalue weighted by Crippen LogP contribution is -2.37. The highest BCUT2D eigenvalue weighted by atomic mass is 16.5. The molecule has 5 aromatic rings. The van der Waals surface area contributed by atoms with Crippen LogP contribution in [0, 0.1) is 13.8 Å². The Labute approximate surface area is 244 Å². The molecule has 6 rings (SSSR count). The summed E-state index contributed by atoms with van der Waals surface area (Å²) in [6, 6.07) is 21.2. The molecule has 212 valence electrons. The van der Waals surface area contributed by atoms with E-state index in [1.807, 2.05) is 85.5 Å². The van der Waals surface area contributed by atoms with Crippen LogP contribution in [-0.4, -0.2) is 29.4 Å².